The fraction of sp³-hybridized carbons (Fsp3) is 0.455. The Kier molecular flexibility index (Phi) is 3.77. The summed E-state index contributed by atoms with van der Waals surface area (Å²) < 4.78 is 0. The minimum atomic E-state index is 0.139. The molecule has 1 aromatic rings. The molecule has 0 aliphatic heterocycles. The van der Waals surface area contributed by atoms with Gasteiger partial charge >= 0.3 is 0 Å². The van der Waals surface area contributed by atoms with Crippen LogP contribution in [-0.4, -0.2) is 16.8 Å². The number of phenolic OH excluding ortho intramolecular Hbond substituents is 1. The van der Waals surface area contributed by atoms with Crippen molar-refractivity contribution in [1.29, 1.82) is 0 Å². The summed E-state index contributed by atoms with van der Waals surface area (Å²) in [6, 6.07) is 5.37. The summed E-state index contributed by atoms with van der Waals surface area (Å²) in [6.45, 7) is 2.26. The lowest BCUT2D eigenvalue weighted by molar-refractivity contribution is 0.299. The van der Waals surface area contributed by atoms with Crippen LogP contribution >= 0.6 is 0 Å². The fourth-order valence-electron chi connectivity index (χ4n) is 1.48. The summed E-state index contributed by atoms with van der Waals surface area (Å²) in [5.74, 6) is 0.281. The quantitative estimate of drug-likeness (QED) is 0.742. The van der Waals surface area contributed by atoms with Gasteiger partial charge in [-0.3, -0.25) is 0 Å². The second-order valence-electron chi connectivity index (χ2n) is 3.18. The van der Waals surface area contributed by atoms with E-state index in [9.17, 15) is 5.11 Å². The highest BCUT2D eigenvalue weighted by Gasteiger charge is 2.02. The van der Waals surface area contributed by atoms with E-state index in [0.29, 0.717) is 6.42 Å². The molecule has 0 aliphatic rings. The predicted molar refractivity (Wildman–Crippen MR) is 52.9 cm³/mol. The number of aliphatic hydroxyl groups excluding tert-OH is 1. The molecule has 2 N–H and O–H groups in total. The Labute approximate surface area is 78.8 Å². The summed E-state index contributed by atoms with van der Waals surface area (Å²) in [5, 5.41) is 18.1. The molecule has 0 unspecified atom stereocenters. The van der Waals surface area contributed by atoms with Crippen LogP contribution in [0.2, 0.25) is 0 Å². The van der Waals surface area contributed by atoms with Crippen LogP contribution in [0.4, 0.5) is 0 Å². The molecular formula is C11H16O2. The Hall–Kier alpha value is -1.02. The van der Waals surface area contributed by atoms with Gasteiger partial charge in [0, 0.05) is 6.61 Å². The van der Waals surface area contributed by atoms with Crippen molar-refractivity contribution in [2.45, 2.75) is 26.2 Å². The van der Waals surface area contributed by atoms with Crippen molar-refractivity contribution < 1.29 is 10.2 Å². The third-order valence-corrected chi connectivity index (χ3v) is 2.09. The number of aromatic hydroxyl groups is 1. The highest BCUT2D eigenvalue weighted by Crippen LogP contribution is 2.18. The van der Waals surface area contributed by atoms with E-state index < -0.39 is 0 Å². The van der Waals surface area contributed by atoms with Crippen molar-refractivity contribution in [3.8, 4) is 5.75 Å². The van der Waals surface area contributed by atoms with E-state index in [-0.39, 0.29) is 12.4 Å². The second kappa shape index (κ2) is 4.87. The number of rotatable bonds is 4. The third-order valence-electron chi connectivity index (χ3n) is 2.09. The van der Waals surface area contributed by atoms with Gasteiger partial charge in [0.25, 0.3) is 0 Å². The summed E-state index contributed by atoms with van der Waals surface area (Å²) in [4.78, 5) is 0. The standard InChI is InChI=1S/C11H16O2/c1-2-3-9-4-5-11(13)8-10(9)6-7-12/h4-5,8,12-13H,2-3,6-7H2,1H3. The Morgan fingerprint density at radius 2 is 1.92 bits per heavy atom. The highest BCUT2D eigenvalue weighted by molar-refractivity contribution is 5.35. The fourth-order valence-corrected chi connectivity index (χ4v) is 1.48. The summed E-state index contributed by atoms with van der Waals surface area (Å²) in [7, 11) is 0. The first kappa shape index (κ1) is 10.1. The molecule has 1 rings (SSSR count). The van der Waals surface area contributed by atoms with Crippen molar-refractivity contribution in [2.75, 3.05) is 6.61 Å². The Bertz CT molecular complexity index is 269. The van der Waals surface area contributed by atoms with Crippen molar-refractivity contribution >= 4 is 0 Å². The normalized spacial score (nSPS) is 10.3. The molecule has 72 valence electrons. The van der Waals surface area contributed by atoms with Gasteiger partial charge in [-0.25, -0.2) is 0 Å². The first-order valence-corrected chi connectivity index (χ1v) is 4.69. The summed E-state index contributed by atoms with van der Waals surface area (Å²) in [6.07, 6.45) is 2.72. The van der Waals surface area contributed by atoms with E-state index >= 15 is 0 Å². The second-order valence-corrected chi connectivity index (χ2v) is 3.18. The topological polar surface area (TPSA) is 40.5 Å². The lowest BCUT2D eigenvalue weighted by atomic mass is 10.0. The summed E-state index contributed by atoms with van der Waals surface area (Å²) in [5.41, 5.74) is 2.29. The lowest BCUT2D eigenvalue weighted by Gasteiger charge is -2.07. The number of aliphatic hydroxyl groups is 1. The van der Waals surface area contributed by atoms with Crippen LogP contribution in [0.1, 0.15) is 24.5 Å². The number of hydrogen-bond acceptors (Lipinski definition) is 2. The zero-order valence-electron chi connectivity index (χ0n) is 7.95. The zero-order chi connectivity index (χ0) is 9.68. The van der Waals surface area contributed by atoms with Crippen molar-refractivity contribution in [3.63, 3.8) is 0 Å². The van der Waals surface area contributed by atoms with Crippen LogP contribution in [0.15, 0.2) is 18.2 Å². The third kappa shape index (κ3) is 2.74. The first-order chi connectivity index (χ1) is 6.27. The molecule has 0 saturated carbocycles. The van der Waals surface area contributed by atoms with Crippen molar-refractivity contribution in [2.24, 2.45) is 0 Å². The van der Waals surface area contributed by atoms with E-state index in [0.717, 1.165) is 18.4 Å². The molecule has 0 saturated heterocycles. The Morgan fingerprint density at radius 1 is 1.15 bits per heavy atom. The van der Waals surface area contributed by atoms with Crippen molar-refractivity contribution in [3.05, 3.63) is 29.3 Å². The smallest absolute Gasteiger partial charge is 0.115 e. The monoisotopic (exact) mass is 180 g/mol. The minimum Gasteiger partial charge on any atom is -0.508 e. The molecule has 0 aliphatic carbocycles. The predicted octanol–water partition coefficient (Wildman–Crippen LogP) is 1.88. The van der Waals surface area contributed by atoms with E-state index in [1.54, 1.807) is 12.1 Å². The van der Waals surface area contributed by atoms with Crippen LogP contribution in [0.25, 0.3) is 0 Å². The molecule has 0 atom stereocenters. The van der Waals surface area contributed by atoms with Gasteiger partial charge in [-0.05, 0) is 36.1 Å². The number of aryl methyl sites for hydroxylation is 1. The van der Waals surface area contributed by atoms with Crippen molar-refractivity contribution in [1.82, 2.24) is 0 Å². The molecule has 1 aromatic carbocycles. The maximum atomic E-state index is 9.25. The van der Waals surface area contributed by atoms with E-state index in [1.807, 2.05) is 6.07 Å². The van der Waals surface area contributed by atoms with Gasteiger partial charge in [-0.15, -0.1) is 0 Å². The zero-order valence-corrected chi connectivity index (χ0v) is 7.95. The van der Waals surface area contributed by atoms with Gasteiger partial charge in [0.1, 0.15) is 5.75 Å². The molecule has 2 nitrogen and oxygen atoms in total. The molecule has 0 aromatic heterocycles. The largest absolute Gasteiger partial charge is 0.508 e. The average Bonchev–Trinajstić information content (AvgIpc) is 2.10. The van der Waals surface area contributed by atoms with Crippen LogP contribution in [0.5, 0.6) is 5.75 Å². The van der Waals surface area contributed by atoms with Gasteiger partial charge in [0.2, 0.25) is 0 Å². The number of phenols is 1. The molecule has 0 radical (unpaired) electrons. The molecule has 2 heteroatoms. The summed E-state index contributed by atoms with van der Waals surface area (Å²) >= 11 is 0. The maximum Gasteiger partial charge on any atom is 0.115 e. The van der Waals surface area contributed by atoms with Crippen LogP contribution in [-0.2, 0) is 12.8 Å². The molecule has 0 heterocycles. The van der Waals surface area contributed by atoms with Gasteiger partial charge < -0.3 is 10.2 Å². The molecule has 0 spiro atoms. The number of hydrogen-bond donors (Lipinski definition) is 2. The Morgan fingerprint density at radius 3 is 2.54 bits per heavy atom. The van der Waals surface area contributed by atoms with Gasteiger partial charge in [0.15, 0.2) is 0 Å². The van der Waals surface area contributed by atoms with Gasteiger partial charge in [0.05, 0.1) is 0 Å². The van der Waals surface area contributed by atoms with Crippen LogP contribution in [0, 0.1) is 0 Å². The lowest BCUT2D eigenvalue weighted by Crippen LogP contribution is -1.97. The molecule has 13 heavy (non-hydrogen) atoms. The molecule has 0 bridgehead atoms. The minimum absolute atomic E-state index is 0.139. The van der Waals surface area contributed by atoms with Gasteiger partial charge in [-0.1, -0.05) is 19.4 Å². The van der Waals surface area contributed by atoms with E-state index in [1.165, 1.54) is 5.56 Å². The van der Waals surface area contributed by atoms with Crippen LogP contribution < -0.4 is 0 Å². The molecule has 0 amide bonds. The SMILES string of the molecule is CCCc1ccc(O)cc1CCO. The molecular weight excluding hydrogens is 164 g/mol. The van der Waals surface area contributed by atoms with E-state index in [4.69, 9.17) is 5.11 Å². The maximum absolute atomic E-state index is 9.25. The molecule has 0 fully saturated rings. The Balaban J connectivity index is 2.89. The van der Waals surface area contributed by atoms with Crippen LogP contribution in [0.3, 0.4) is 0 Å². The highest BCUT2D eigenvalue weighted by atomic mass is 16.3. The first-order valence-electron chi connectivity index (χ1n) is 4.69. The van der Waals surface area contributed by atoms with Gasteiger partial charge in [-0.2, -0.15) is 0 Å². The average molecular weight is 180 g/mol. The number of benzene rings is 1. The van der Waals surface area contributed by atoms with E-state index in [2.05, 4.69) is 6.92 Å².